The molecule has 0 bridgehead atoms. The maximum atomic E-state index is 12.5. The summed E-state index contributed by atoms with van der Waals surface area (Å²) in [7, 11) is 1.27. The number of Topliss-reactive ketones (excluding diaryl/α,β-unsaturated/α-hetero) is 1. The van der Waals surface area contributed by atoms with Crippen LogP contribution in [0.3, 0.4) is 0 Å². The van der Waals surface area contributed by atoms with Crippen molar-refractivity contribution in [1.82, 2.24) is 0 Å². The molecular weight excluding hydrogens is 312 g/mol. The van der Waals surface area contributed by atoms with Gasteiger partial charge in [-0.2, -0.15) is 0 Å². The van der Waals surface area contributed by atoms with Crippen molar-refractivity contribution >= 4 is 17.7 Å². The van der Waals surface area contributed by atoms with Gasteiger partial charge in [0.15, 0.2) is 6.10 Å². The van der Waals surface area contributed by atoms with Crippen molar-refractivity contribution in [3.8, 4) is 5.75 Å². The van der Waals surface area contributed by atoms with Crippen LogP contribution in [0.25, 0.3) is 0 Å². The molecule has 0 saturated carbocycles. The molecule has 3 rings (SSSR count). The molecule has 0 aliphatic carbocycles. The summed E-state index contributed by atoms with van der Waals surface area (Å²) < 4.78 is 10.3. The number of ether oxygens (including phenoxy) is 2. The van der Waals surface area contributed by atoms with Gasteiger partial charge < -0.3 is 14.6 Å². The van der Waals surface area contributed by atoms with Crippen LogP contribution in [0, 0.1) is 0 Å². The Morgan fingerprint density at radius 3 is 2.67 bits per heavy atom. The number of carbonyl (C=O) groups excluding carboxylic acids is 2. The van der Waals surface area contributed by atoms with E-state index in [-0.39, 0.29) is 23.3 Å². The number of hydrogen-bond donors (Lipinski definition) is 1. The van der Waals surface area contributed by atoms with Gasteiger partial charge in [0.2, 0.25) is 5.78 Å². The Labute approximate surface area is 137 Å². The lowest BCUT2D eigenvalue weighted by Crippen LogP contribution is -2.23. The smallest absolute Gasteiger partial charge is 0.337 e. The number of hydrogen-bond acceptors (Lipinski definition) is 5. The fraction of sp³-hybridized carbons (Fsp3) is 0.167. The molecule has 1 heterocycles. The predicted octanol–water partition coefficient (Wildman–Crippen LogP) is 2.36. The highest BCUT2D eigenvalue weighted by Crippen LogP contribution is 2.31. The molecule has 1 unspecified atom stereocenters. The molecule has 2 aromatic carbocycles. The fourth-order valence-corrected chi connectivity index (χ4v) is 2.63. The minimum Gasteiger partial charge on any atom is -0.481 e. The number of methoxy groups -OCH3 is 1. The number of rotatable bonds is 4. The van der Waals surface area contributed by atoms with E-state index in [9.17, 15) is 14.4 Å². The highest BCUT2D eigenvalue weighted by atomic mass is 16.5. The van der Waals surface area contributed by atoms with E-state index in [2.05, 4.69) is 4.74 Å². The van der Waals surface area contributed by atoms with E-state index in [1.807, 2.05) is 0 Å². The number of carboxylic acid groups (broad SMARTS) is 1. The van der Waals surface area contributed by atoms with Crippen molar-refractivity contribution < 1.29 is 29.0 Å². The molecule has 0 spiro atoms. The van der Waals surface area contributed by atoms with Crippen molar-refractivity contribution in [2.24, 2.45) is 0 Å². The van der Waals surface area contributed by atoms with E-state index < -0.39 is 18.0 Å². The Morgan fingerprint density at radius 1 is 1.17 bits per heavy atom. The molecule has 1 atom stereocenters. The van der Waals surface area contributed by atoms with E-state index in [0.717, 1.165) is 0 Å². The molecule has 0 fully saturated rings. The van der Waals surface area contributed by atoms with Gasteiger partial charge in [-0.1, -0.05) is 12.1 Å². The number of benzene rings is 2. The molecule has 6 heteroatoms. The maximum absolute atomic E-state index is 12.5. The predicted molar refractivity (Wildman–Crippen MR) is 83.6 cm³/mol. The first-order valence-corrected chi connectivity index (χ1v) is 7.25. The molecule has 1 aliphatic heterocycles. The largest absolute Gasteiger partial charge is 0.481 e. The normalized spacial score (nSPS) is 15.5. The van der Waals surface area contributed by atoms with Gasteiger partial charge in [-0.25, -0.2) is 9.59 Å². The minimum absolute atomic E-state index is 0.156. The summed E-state index contributed by atoms with van der Waals surface area (Å²) in [5.74, 6) is -1.38. The Hall–Kier alpha value is -3.15. The van der Waals surface area contributed by atoms with Gasteiger partial charge >= 0.3 is 11.9 Å². The van der Waals surface area contributed by atoms with E-state index in [0.29, 0.717) is 16.9 Å². The highest BCUT2D eigenvalue weighted by Gasteiger charge is 2.33. The molecular formula is C18H14O6. The number of fused-ring (bicyclic) bond motifs is 1. The molecule has 0 radical (unpaired) electrons. The van der Waals surface area contributed by atoms with Gasteiger partial charge in [0.05, 0.1) is 23.8 Å². The minimum atomic E-state index is -1.03. The number of aromatic carboxylic acids is 1. The fourth-order valence-electron chi connectivity index (χ4n) is 2.63. The summed E-state index contributed by atoms with van der Waals surface area (Å²) in [6.45, 7) is 0. The van der Waals surface area contributed by atoms with Crippen LogP contribution < -0.4 is 4.74 Å². The highest BCUT2D eigenvalue weighted by molar-refractivity contribution is 6.06. The van der Waals surface area contributed by atoms with Gasteiger partial charge in [-0.3, -0.25) is 4.79 Å². The zero-order valence-electron chi connectivity index (χ0n) is 12.8. The number of ketones is 1. The first-order valence-electron chi connectivity index (χ1n) is 7.25. The summed E-state index contributed by atoms with van der Waals surface area (Å²) in [5, 5.41) is 9.03. The van der Waals surface area contributed by atoms with Crippen molar-refractivity contribution in [1.29, 1.82) is 0 Å². The Balaban J connectivity index is 1.82. The Kier molecular flexibility index (Phi) is 4.04. The standard InChI is InChI=1S/C18H14O6/c1-23-18(22)12-5-6-14-13(9-12)16(19)15(24-14)8-10-3-2-4-11(7-10)17(20)21/h2-7,9,15H,8H2,1H3,(H,20,21). The van der Waals surface area contributed by atoms with Crippen LogP contribution in [0.5, 0.6) is 5.75 Å². The van der Waals surface area contributed by atoms with Gasteiger partial charge in [0, 0.05) is 6.42 Å². The third kappa shape index (κ3) is 2.86. The van der Waals surface area contributed by atoms with Crippen LogP contribution in [-0.4, -0.2) is 36.0 Å². The third-order valence-electron chi connectivity index (χ3n) is 3.82. The molecule has 2 aromatic rings. The monoisotopic (exact) mass is 326 g/mol. The Morgan fingerprint density at radius 2 is 1.96 bits per heavy atom. The molecule has 122 valence electrons. The van der Waals surface area contributed by atoms with Crippen molar-refractivity contribution in [2.75, 3.05) is 7.11 Å². The summed E-state index contributed by atoms with van der Waals surface area (Å²) in [4.78, 5) is 35.1. The average Bonchev–Trinajstić information content (AvgIpc) is 2.90. The second kappa shape index (κ2) is 6.16. The lowest BCUT2D eigenvalue weighted by Gasteiger charge is -2.09. The molecule has 24 heavy (non-hydrogen) atoms. The van der Waals surface area contributed by atoms with Crippen molar-refractivity contribution in [3.05, 3.63) is 64.7 Å². The topological polar surface area (TPSA) is 89.9 Å². The van der Waals surface area contributed by atoms with Crippen LogP contribution in [0.1, 0.15) is 36.6 Å². The number of carbonyl (C=O) groups is 3. The maximum Gasteiger partial charge on any atom is 0.337 e. The quantitative estimate of drug-likeness (QED) is 0.868. The average molecular weight is 326 g/mol. The zero-order valence-corrected chi connectivity index (χ0v) is 12.8. The summed E-state index contributed by atoms with van der Waals surface area (Å²) in [6, 6.07) is 10.9. The van der Waals surface area contributed by atoms with Crippen LogP contribution in [0.2, 0.25) is 0 Å². The van der Waals surface area contributed by atoms with Crippen molar-refractivity contribution in [2.45, 2.75) is 12.5 Å². The summed E-state index contributed by atoms with van der Waals surface area (Å²) in [6.07, 6.45) is -0.487. The molecule has 0 saturated heterocycles. The van der Waals surface area contributed by atoms with E-state index >= 15 is 0 Å². The van der Waals surface area contributed by atoms with Crippen molar-refractivity contribution in [3.63, 3.8) is 0 Å². The lowest BCUT2D eigenvalue weighted by atomic mass is 9.99. The molecule has 0 aromatic heterocycles. The van der Waals surface area contributed by atoms with Gasteiger partial charge in [0.1, 0.15) is 5.75 Å². The SMILES string of the molecule is COC(=O)c1ccc2c(c1)C(=O)C(Cc1cccc(C(=O)O)c1)O2. The van der Waals surface area contributed by atoms with Gasteiger partial charge in [0.25, 0.3) is 0 Å². The van der Waals surface area contributed by atoms with Crippen LogP contribution in [0.15, 0.2) is 42.5 Å². The van der Waals surface area contributed by atoms with E-state index in [1.54, 1.807) is 18.2 Å². The summed E-state index contributed by atoms with van der Waals surface area (Å²) in [5.41, 5.74) is 1.46. The first-order chi connectivity index (χ1) is 11.5. The van der Waals surface area contributed by atoms with Gasteiger partial charge in [-0.15, -0.1) is 0 Å². The number of carboxylic acids is 1. The molecule has 6 nitrogen and oxygen atoms in total. The number of esters is 1. The molecule has 1 aliphatic rings. The Bertz CT molecular complexity index is 839. The molecule has 1 N–H and O–H groups in total. The zero-order chi connectivity index (χ0) is 17.3. The van der Waals surface area contributed by atoms with Crippen LogP contribution in [-0.2, 0) is 11.2 Å². The van der Waals surface area contributed by atoms with Crippen LogP contribution >= 0.6 is 0 Å². The summed E-state index contributed by atoms with van der Waals surface area (Å²) >= 11 is 0. The second-order valence-corrected chi connectivity index (χ2v) is 5.38. The van der Waals surface area contributed by atoms with E-state index in [4.69, 9.17) is 9.84 Å². The van der Waals surface area contributed by atoms with E-state index in [1.165, 1.54) is 31.4 Å². The first kappa shape index (κ1) is 15.7. The third-order valence-corrected chi connectivity index (χ3v) is 3.82. The van der Waals surface area contributed by atoms with Crippen LogP contribution in [0.4, 0.5) is 0 Å². The second-order valence-electron chi connectivity index (χ2n) is 5.38. The molecule has 0 amide bonds. The van der Waals surface area contributed by atoms with Gasteiger partial charge in [-0.05, 0) is 35.9 Å². The lowest BCUT2D eigenvalue weighted by molar-refractivity contribution is 0.0599.